The molecule has 1 aliphatic rings. The number of aliphatic imine (C=N–C) groups is 1. The molecule has 0 bridgehead atoms. The van der Waals surface area contributed by atoms with Gasteiger partial charge < -0.3 is 16.0 Å². The van der Waals surface area contributed by atoms with Crippen molar-refractivity contribution >= 4 is 17.6 Å². The third kappa shape index (κ3) is 2.65. The van der Waals surface area contributed by atoms with Crippen LogP contribution in [0.5, 0.6) is 0 Å². The van der Waals surface area contributed by atoms with E-state index in [-0.39, 0.29) is 6.67 Å². The number of amidine groups is 1. The zero-order valence-electron chi connectivity index (χ0n) is 9.80. The van der Waals surface area contributed by atoms with Crippen molar-refractivity contribution in [1.29, 1.82) is 0 Å². The van der Waals surface area contributed by atoms with Crippen molar-refractivity contribution in [2.24, 2.45) is 10.7 Å². The maximum atomic E-state index is 11.5. The molecule has 6 nitrogen and oxygen atoms in total. The van der Waals surface area contributed by atoms with Crippen LogP contribution in [0.25, 0.3) is 0 Å². The van der Waals surface area contributed by atoms with Gasteiger partial charge in [0.15, 0.2) is 0 Å². The zero-order chi connectivity index (χ0) is 13.0. The smallest absolute Gasteiger partial charge is 0.313 e. The monoisotopic (exact) mass is 246 g/mol. The molecule has 0 aliphatic carbocycles. The Labute approximate surface area is 104 Å². The molecule has 94 valence electrons. The van der Waals surface area contributed by atoms with E-state index in [9.17, 15) is 9.59 Å². The van der Waals surface area contributed by atoms with Crippen molar-refractivity contribution in [3.05, 3.63) is 35.9 Å². The minimum absolute atomic E-state index is 0.104. The largest absolute Gasteiger partial charge is 0.383 e. The molecule has 1 saturated heterocycles. The molecule has 1 fully saturated rings. The summed E-state index contributed by atoms with van der Waals surface area (Å²) in [6.45, 7) is 1.01. The number of nitrogens with zero attached hydrogens (tertiary/aromatic N) is 2. The average molecular weight is 246 g/mol. The van der Waals surface area contributed by atoms with E-state index in [4.69, 9.17) is 5.73 Å². The lowest BCUT2D eigenvalue weighted by Crippen LogP contribution is -2.52. The van der Waals surface area contributed by atoms with Crippen LogP contribution >= 0.6 is 0 Å². The van der Waals surface area contributed by atoms with E-state index in [1.165, 1.54) is 4.90 Å². The second-order valence-corrected chi connectivity index (χ2v) is 3.88. The van der Waals surface area contributed by atoms with E-state index < -0.39 is 11.8 Å². The van der Waals surface area contributed by atoms with E-state index in [1.54, 1.807) is 0 Å². The standard InChI is InChI=1S/C12H14N4O2/c13-10(9-4-2-1-3-5-9)15-8-16-7-6-14-11(17)12(16)18/h1-5H,6-8H2,(H2,13,15)(H,14,17). The van der Waals surface area contributed by atoms with Crippen molar-refractivity contribution < 1.29 is 9.59 Å². The molecule has 1 aromatic rings. The first kappa shape index (κ1) is 12.1. The summed E-state index contributed by atoms with van der Waals surface area (Å²) in [4.78, 5) is 28.1. The Balaban J connectivity index is 2.02. The van der Waals surface area contributed by atoms with Gasteiger partial charge in [-0.05, 0) is 0 Å². The Morgan fingerprint density at radius 2 is 2.06 bits per heavy atom. The molecule has 1 heterocycles. The van der Waals surface area contributed by atoms with Crippen LogP contribution in [0.1, 0.15) is 5.56 Å². The number of hydrogen-bond donors (Lipinski definition) is 2. The number of nitrogens with two attached hydrogens (primary N) is 1. The summed E-state index contributed by atoms with van der Waals surface area (Å²) in [5, 5.41) is 2.47. The normalized spacial score (nSPS) is 16.7. The number of rotatable bonds is 3. The van der Waals surface area contributed by atoms with Crippen LogP contribution < -0.4 is 11.1 Å². The van der Waals surface area contributed by atoms with Gasteiger partial charge in [-0.15, -0.1) is 0 Å². The lowest BCUT2D eigenvalue weighted by Gasteiger charge is -2.24. The van der Waals surface area contributed by atoms with Gasteiger partial charge >= 0.3 is 11.8 Å². The quantitative estimate of drug-likeness (QED) is 0.420. The summed E-state index contributed by atoms with van der Waals surface area (Å²) < 4.78 is 0. The number of piperazine rings is 1. The van der Waals surface area contributed by atoms with Crippen molar-refractivity contribution in [3.63, 3.8) is 0 Å². The van der Waals surface area contributed by atoms with Crippen LogP contribution in [0.15, 0.2) is 35.3 Å². The third-order valence-electron chi connectivity index (χ3n) is 2.63. The Hall–Kier alpha value is -2.37. The molecule has 0 radical (unpaired) electrons. The highest BCUT2D eigenvalue weighted by atomic mass is 16.2. The van der Waals surface area contributed by atoms with E-state index in [0.717, 1.165) is 5.56 Å². The van der Waals surface area contributed by atoms with Gasteiger partial charge in [0.1, 0.15) is 12.5 Å². The predicted octanol–water partition coefficient (Wildman–Crippen LogP) is -0.692. The minimum Gasteiger partial charge on any atom is -0.383 e. The lowest BCUT2D eigenvalue weighted by molar-refractivity contribution is -0.148. The second kappa shape index (κ2) is 5.31. The fourth-order valence-corrected chi connectivity index (χ4v) is 1.62. The van der Waals surface area contributed by atoms with Gasteiger partial charge in [-0.2, -0.15) is 0 Å². The first-order chi connectivity index (χ1) is 8.68. The van der Waals surface area contributed by atoms with Crippen molar-refractivity contribution in [1.82, 2.24) is 10.2 Å². The first-order valence-corrected chi connectivity index (χ1v) is 5.61. The summed E-state index contributed by atoms with van der Waals surface area (Å²) in [5.74, 6) is -0.796. The topological polar surface area (TPSA) is 87.8 Å². The fraction of sp³-hybridized carbons (Fsp3) is 0.250. The molecule has 0 unspecified atom stereocenters. The average Bonchev–Trinajstić information content (AvgIpc) is 2.41. The third-order valence-corrected chi connectivity index (χ3v) is 2.63. The molecule has 0 spiro atoms. The van der Waals surface area contributed by atoms with E-state index in [2.05, 4.69) is 10.3 Å². The van der Waals surface area contributed by atoms with Crippen LogP contribution in [0.3, 0.4) is 0 Å². The highest BCUT2D eigenvalue weighted by Gasteiger charge is 2.25. The van der Waals surface area contributed by atoms with E-state index in [0.29, 0.717) is 18.9 Å². The SMILES string of the molecule is NC(=NCN1CCNC(=O)C1=O)c1ccccc1. The van der Waals surface area contributed by atoms with E-state index >= 15 is 0 Å². The molecular formula is C12H14N4O2. The predicted molar refractivity (Wildman–Crippen MR) is 66.8 cm³/mol. The number of amides is 2. The van der Waals surface area contributed by atoms with Crippen LogP contribution in [0.2, 0.25) is 0 Å². The molecule has 2 rings (SSSR count). The first-order valence-electron chi connectivity index (χ1n) is 5.61. The summed E-state index contributed by atoms with van der Waals surface area (Å²) >= 11 is 0. The number of hydrogen-bond acceptors (Lipinski definition) is 3. The van der Waals surface area contributed by atoms with Crippen molar-refractivity contribution in [2.75, 3.05) is 19.8 Å². The van der Waals surface area contributed by atoms with Crippen molar-refractivity contribution in [2.45, 2.75) is 0 Å². The molecule has 18 heavy (non-hydrogen) atoms. The highest BCUT2D eigenvalue weighted by molar-refractivity contribution is 6.35. The zero-order valence-corrected chi connectivity index (χ0v) is 9.80. The fourth-order valence-electron chi connectivity index (χ4n) is 1.62. The number of nitrogens with one attached hydrogen (secondary N) is 1. The summed E-state index contributed by atoms with van der Waals surface area (Å²) in [5.41, 5.74) is 6.60. The molecule has 0 saturated carbocycles. The lowest BCUT2D eigenvalue weighted by atomic mass is 10.2. The molecular weight excluding hydrogens is 232 g/mol. The minimum atomic E-state index is -0.588. The molecule has 3 N–H and O–H groups in total. The van der Waals surface area contributed by atoms with Crippen molar-refractivity contribution in [3.8, 4) is 0 Å². The van der Waals surface area contributed by atoms with Crippen LogP contribution in [0.4, 0.5) is 0 Å². The molecule has 0 atom stereocenters. The van der Waals surface area contributed by atoms with Gasteiger partial charge in [-0.25, -0.2) is 4.99 Å². The molecule has 6 heteroatoms. The van der Waals surface area contributed by atoms with Crippen LogP contribution in [0, 0.1) is 0 Å². The van der Waals surface area contributed by atoms with Crippen LogP contribution in [-0.2, 0) is 9.59 Å². The summed E-state index contributed by atoms with van der Waals surface area (Å²) in [6.07, 6.45) is 0. The molecule has 1 aliphatic heterocycles. The molecule has 2 amide bonds. The number of carbonyl (C=O) groups excluding carboxylic acids is 2. The van der Waals surface area contributed by atoms with E-state index in [1.807, 2.05) is 30.3 Å². The summed E-state index contributed by atoms with van der Waals surface area (Å²) in [7, 11) is 0. The van der Waals surface area contributed by atoms with Gasteiger partial charge in [0.25, 0.3) is 0 Å². The Bertz CT molecular complexity index is 484. The molecule has 1 aromatic carbocycles. The van der Waals surface area contributed by atoms with Gasteiger partial charge in [0, 0.05) is 18.7 Å². The number of carbonyl (C=O) groups is 2. The van der Waals surface area contributed by atoms with Crippen LogP contribution in [-0.4, -0.2) is 42.3 Å². The Morgan fingerprint density at radius 1 is 1.33 bits per heavy atom. The van der Waals surface area contributed by atoms with Gasteiger partial charge in [0.05, 0.1) is 0 Å². The van der Waals surface area contributed by atoms with Gasteiger partial charge in [-0.1, -0.05) is 30.3 Å². The van der Waals surface area contributed by atoms with Gasteiger partial charge in [-0.3, -0.25) is 9.59 Å². The maximum Gasteiger partial charge on any atom is 0.313 e. The Morgan fingerprint density at radius 3 is 2.78 bits per heavy atom. The maximum absolute atomic E-state index is 11.5. The second-order valence-electron chi connectivity index (χ2n) is 3.88. The van der Waals surface area contributed by atoms with Gasteiger partial charge in [0.2, 0.25) is 0 Å². The molecule has 0 aromatic heterocycles. The Kier molecular flexibility index (Phi) is 3.57. The highest BCUT2D eigenvalue weighted by Crippen LogP contribution is 2.00. The number of benzene rings is 1. The summed E-state index contributed by atoms with van der Waals surface area (Å²) in [6, 6.07) is 9.27.